The normalized spacial score (nSPS) is 20.9. The van der Waals surface area contributed by atoms with Crippen molar-refractivity contribution >= 4 is 0 Å². The number of benzene rings is 1. The highest BCUT2D eigenvalue weighted by molar-refractivity contribution is 5.47. The van der Waals surface area contributed by atoms with Gasteiger partial charge in [0.15, 0.2) is 0 Å². The lowest BCUT2D eigenvalue weighted by Crippen LogP contribution is -2.43. The summed E-state index contributed by atoms with van der Waals surface area (Å²) in [6.07, 6.45) is -0.177. The topological polar surface area (TPSA) is 75.0 Å². The van der Waals surface area contributed by atoms with Crippen LogP contribution in [0.2, 0.25) is 0 Å². The number of hydrogen-bond acceptors (Lipinski definition) is 6. The highest BCUT2D eigenvalue weighted by Crippen LogP contribution is 2.36. The Labute approximate surface area is 112 Å². The van der Waals surface area contributed by atoms with Crippen LogP contribution in [0, 0.1) is 0 Å². The zero-order valence-corrected chi connectivity index (χ0v) is 11.2. The fourth-order valence-electron chi connectivity index (χ4n) is 2.26. The predicted octanol–water partition coefficient (Wildman–Crippen LogP) is 0.624. The third-order valence-electron chi connectivity index (χ3n) is 3.17. The standard InChI is InChI=1S/C13H20N2O4/c1-16-9-4-3-5-10(17-2)12(9)13(15-14)11-8-18-6-7-19-11/h3-5,11,13,15H,6-8,14H2,1-2H3. The second-order valence-corrected chi connectivity index (χ2v) is 4.20. The molecule has 19 heavy (non-hydrogen) atoms. The summed E-state index contributed by atoms with van der Waals surface area (Å²) >= 11 is 0. The smallest absolute Gasteiger partial charge is 0.127 e. The van der Waals surface area contributed by atoms with E-state index in [1.165, 1.54) is 0 Å². The number of nitrogens with one attached hydrogen (secondary N) is 1. The van der Waals surface area contributed by atoms with Gasteiger partial charge in [-0.3, -0.25) is 5.84 Å². The molecule has 0 bridgehead atoms. The third kappa shape index (κ3) is 2.98. The van der Waals surface area contributed by atoms with Crippen LogP contribution in [0.1, 0.15) is 11.6 Å². The average molecular weight is 268 g/mol. The van der Waals surface area contributed by atoms with E-state index in [-0.39, 0.29) is 12.1 Å². The summed E-state index contributed by atoms with van der Waals surface area (Å²) in [7, 11) is 3.23. The molecule has 106 valence electrons. The molecule has 0 spiro atoms. The van der Waals surface area contributed by atoms with Crippen LogP contribution in [0.25, 0.3) is 0 Å². The minimum atomic E-state index is -0.258. The van der Waals surface area contributed by atoms with E-state index in [9.17, 15) is 0 Å². The fourth-order valence-corrected chi connectivity index (χ4v) is 2.26. The lowest BCUT2D eigenvalue weighted by atomic mass is 9.99. The number of methoxy groups -OCH3 is 2. The Hall–Kier alpha value is -1.34. The number of hydrazine groups is 1. The largest absolute Gasteiger partial charge is 0.496 e. The van der Waals surface area contributed by atoms with Crippen molar-refractivity contribution < 1.29 is 18.9 Å². The van der Waals surface area contributed by atoms with E-state index in [0.717, 1.165) is 5.56 Å². The summed E-state index contributed by atoms with van der Waals surface area (Å²) in [4.78, 5) is 0. The lowest BCUT2D eigenvalue weighted by molar-refractivity contribution is -0.103. The number of nitrogens with two attached hydrogens (primary N) is 1. The molecule has 2 unspecified atom stereocenters. The van der Waals surface area contributed by atoms with Crippen LogP contribution in [0.5, 0.6) is 11.5 Å². The molecule has 1 aliphatic rings. The Morgan fingerprint density at radius 2 is 1.95 bits per heavy atom. The van der Waals surface area contributed by atoms with Gasteiger partial charge in [-0.15, -0.1) is 0 Å². The van der Waals surface area contributed by atoms with Crippen molar-refractivity contribution in [3.8, 4) is 11.5 Å². The van der Waals surface area contributed by atoms with Gasteiger partial charge in [0.2, 0.25) is 0 Å². The highest BCUT2D eigenvalue weighted by Gasteiger charge is 2.30. The summed E-state index contributed by atoms with van der Waals surface area (Å²) in [6, 6.07) is 5.34. The van der Waals surface area contributed by atoms with Crippen molar-refractivity contribution in [2.24, 2.45) is 5.84 Å². The Morgan fingerprint density at radius 1 is 1.26 bits per heavy atom. The number of hydrogen-bond donors (Lipinski definition) is 2. The summed E-state index contributed by atoms with van der Waals surface area (Å²) < 4.78 is 21.9. The summed E-state index contributed by atoms with van der Waals surface area (Å²) in [6.45, 7) is 1.65. The molecular formula is C13H20N2O4. The first-order valence-electron chi connectivity index (χ1n) is 6.18. The zero-order chi connectivity index (χ0) is 13.7. The van der Waals surface area contributed by atoms with E-state index in [1.807, 2.05) is 18.2 Å². The maximum absolute atomic E-state index is 5.71. The van der Waals surface area contributed by atoms with Crippen LogP contribution >= 0.6 is 0 Å². The molecular weight excluding hydrogens is 248 g/mol. The van der Waals surface area contributed by atoms with Crippen LogP contribution in [0.4, 0.5) is 0 Å². The van der Waals surface area contributed by atoms with Gasteiger partial charge in [0, 0.05) is 0 Å². The predicted molar refractivity (Wildman–Crippen MR) is 70.2 cm³/mol. The van der Waals surface area contributed by atoms with Crippen LogP contribution in [-0.2, 0) is 9.47 Å². The maximum atomic E-state index is 5.71. The van der Waals surface area contributed by atoms with E-state index < -0.39 is 0 Å². The van der Waals surface area contributed by atoms with E-state index in [0.29, 0.717) is 31.3 Å². The van der Waals surface area contributed by atoms with Crippen molar-refractivity contribution in [2.75, 3.05) is 34.0 Å². The third-order valence-corrected chi connectivity index (χ3v) is 3.17. The Balaban J connectivity index is 2.35. The molecule has 0 aromatic heterocycles. The molecule has 1 aromatic carbocycles. The summed E-state index contributed by atoms with van der Waals surface area (Å²) in [5.41, 5.74) is 3.61. The second-order valence-electron chi connectivity index (χ2n) is 4.20. The van der Waals surface area contributed by atoms with Gasteiger partial charge in [-0.25, -0.2) is 5.43 Å². The number of ether oxygens (including phenoxy) is 4. The van der Waals surface area contributed by atoms with E-state index in [2.05, 4.69) is 5.43 Å². The van der Waals surface area contributed by atoms with Gasteiger partial charge in [0.05, 0.1) is 45.6 Å². The molecule has 1 fully saturated rings. The van der Waals surface area contributed by atoms with Crippen molar-refractivity contribution in [3.63, 3.8) is 0 Å². The van der Waals surface area contributed by atoms with Crippen molar-refractivity contribution in [2.45, 2.75) is 12.1 Å². The molecule has 6 nitrogen and oxygen atoms in total. The summed E-state index contributed by atoms with van der Waals surface area (Å²) in [5, 5.41) is 0. The average Bonchev–Trinajstić information content (AvgIpc) is 2.49. The molecule has 0 aliphatic carbocycles. The fraction of sp³-hybridized carbons (Fsp3) is 0.538. The molecule has 1 aromatic rings. The monoisotopic (exact) mass is 268 g/mol. The first-order valence-corrected chi connectivity index (χ1v) is 6.18. The summed E-state index contributed by atoms with van der Waals surface area (Å²) in [5.74, 6) is 7.10. The van der Waals surface area contributed by atoms with Gasteiger partial charge < -0.3 is 18.9 Å². The molecule has 2 atom stereocenters. The molecule has 3 N–H and O–H groups in total. The molecule has 1 saturated heterocycles. The minimum Gasteiger partial charge on any atom is -0.496 e. The van der Waals surface area contributed by atoms with Crippen molar-refractivity contribution in [1.82, 2.24) is 5.43 Å². The van der Waals surface area contributed by atoms with E-state index in [4.69, 9.17) is 24.8 Å². The Kier molecular flexibility index (Phi) is 4.98. The molecule has 1 aliphatic heterocycles. The Bertz CT molecular complexity index is 385. The first-order chi connectivity index (χ1) is 9.31. The SMILES string of the molecule is COc1cccc(OC)c1C(NN)C1COCCO1. The van der Waals surface area contributed by atoms with Crippen molar-refractivity contribution in [3.05, 3.63) is 23.8 Å². The van der Waals surface area contributed by atoms with Crippen LogP contribution in [-0.4, -0.2) is 40.1 Å². The van der Waals surface area contributed by atoms with Gasteiger partial charge >= 0.3 is 0 Å². The van der Waals surface area contributed by atoms with Gasteiger partial charge in [-0.1, -0.05) is 6.07 Å². The van der Waals surface area contributed by atoms with Crippen LogP contribution in [0.15, 0.2) is 18.2 Å². The van der Waals surface area contributed by atoms with Gasteiger partial charge in [-0.2, -0.15) is 0 Å². The molecule has 2 rings (SSSR count). The molecule has 0 radical (unpaired) electrons. The Morgan fingerprint density at radius 3 is 2.42 bits per heavy atom. The van der Waals surface area contributed by atoms with Gasteiger partial charge in [0.1, 0.15) is 17.6 Å². The van der Waals surface area contributed by atoms with E-state index in [1.54, 1.807) is 14.2 Å². The van der Waals surface area contributed by atoms with E-state index >= 15 is 0 Å². The molecule has 0 amide bonds. The maximum Gasteiger partial charge on any atom is 0.127 e. The molecule has 0 saturated carbocycles. The van der Waals surface area contributed by atoms with Crippen LogP contribution in [0.3, 0.4) is 0 Å². The number of rotatable bonds is 5. The van der Waals surface area contributed by atoms with Gasteiger partial charge in [-0.05, 0) is 12.1 Å². The molecule has 6 heteroatoms. The van der Waals surface area contributed by atoms with Crippen molar-refractivity contribution in [1.29, 1.82) is 0 Å². The highest BCUT2D eigenvalue weighted by atomic mass is 16.6. The quantitative estimate of drug-likeness (QED) is 0.602. The second kappa shape index (κ2) is 6.72. The van der Waals surface area contributed by atoms with Gasteiger partial charge in [0.25, 0.3) is 0 Å². The zero-order valence-electron chi connectivity index (χ0n) is 11.2. The first kappa shape index (κ1) is 14.1. The lowest BCUT2D eigenvalue weighted by Gasteiger charge is -2.31. The minimum absolute atomic E-state index is 0.177. The molecule has 1 heterocycles. The van der Waals surface area contributed by atoms with Crippen LogP contribution < -0.4 is 20.7 Å².